The van der Waals surface area contributed by atoms with Crippen molar-refractivity contribution >= 4 is 10.0 Å². The Morgan fingerprint density at radius 2 is 1.93 bits per heavy atom. The van der Waals surface area contributed by atoms with Crippen molar-refractivity contribution in [2.24, 2.45) is 11.7 Å². The summed E-state index contributed by atoms with van der Waals surface area (Å²) in [6.45, 7) is 2.36. The number of rotatable bonds is 4. The number of ether oxygens (including phenoxy) is 1. The molecule has 0 spiro atoms. The molecule has 0 bridgehead atoms. The number of hydrogen-bond acceptors (Lipinski definition) is 5. The summed E-state index contributed by atoms with van der Waals surface area (Å²) in [7, 11) is -3.14. The highest BCUT2D eigenvalue weighted by atomic mass is 32.2. The van der Waals surface area contributed by atoms with Gasteiger partial charge in [-0.3, -0.25) is 4.90 Å². The molecule has 1 aromatic rings. The molecule has 28 heavy (non-hydrogen) atoms. The van der Waals surface area contributed by atoms with Crippen LogP contribution in [0, 0.1) is 17.6 Å². The van der Waals surface area contributed by atoms with Crippen LogP contribution in [0.3, 0.4) is 0 Å². The minimum absolute atomic E-state index is 0.0766. The minimum atomic E-state index is -3.14. The average molecular weight is 413 g/mol. The van der Waals surface area contributed by atoms with E-state index in [1.807, 2.05) is 0 Å². The van der Waals surface area contributed by atoms with Crippen molar-refractivity contribution in [1.82, 2.24) is 9.21 Å². The van der Waals surface area contributed by atoms with Crippen LogP contribution in [-0.2, 0) is 14.8 Å². The number of hydrogen-bond donors (Lipinski definition) is 1. The second kappa shape index (κ2) is 6.70. The number of nitrogens with zero attached hydrogens (tertiary/aromatic N) is 2. The summed E-state index contributed by atoms with van der Waals surface area (Å²) >= 11 is 0. The number of benzene rings is 1. The summed E-state index contributed by atoms with van der Waals surface area (Å²) < 4.78 is 60.1. The first-order chi connectivity index (χ1) is 13.3. The van der Waals surface area contributed by atoms with Crippen molar-refractivity contribution in [2.45, 2.75) is 48.7 Å². The molecule has 2 unspecified atom stereocenters. The van der Waals surface area contributed by atoms with Crippen LogP contribution in [0.5, 0.6) is 0 Å². The Hall–Kier alpha value is -1.13. The smallest absolute Gasteiger partial charge is 0.217 e. The lowest BCUT2D eigenvalue weighted by atomic mass is 9.86. The summed E-state index contributed by atoms with van der Waals surface area (Å²) in [5.41, 5.74) is 6.43. The summed E-state index contributed by atoms with van der Waals surface area (Å²) in [4.78, 5) is 2.28. The van der Waals surface area contributed by atoms with Crippen LogP contribution in [0.1, 0.15) is 30.9 Å². The Morgan fingerprint density at radius 1 is 1.14 bits per heavy atom. The van der Waals surface area contributed by atoms with Crippen molar-refractivity contribution in [1.29, 1.82) is 0 Å². The number of sulfonamides is 1. The van der Waals surface area contributed by atoms with E-state index in [9.17, 15) is 17.2 Å². The van der Waals surface area contributed by atoms with E-state index < -0.39 is 33.8 Å². The van der Waals surface area contributed by atoms with Crippen LogP contribution in [0.4, 0.5) is 8.78 Å². The minimum Gasteiger partial charge on any atom is -0.370 e. The first-order valence-electron chi connectivity index (χ1n) is 9.91. The van der Waals surface area contributed by atoms with Gasteiger partial charge in [-0.05, 0) is 37.5 Å². The second-order valence-corrected chi connectivity index (χ2v) is 10.8. The lowest BCUT2D eigenvalue weighted by molar-refractivity contribution is -0.0936. The zero-order chi connectivity index (χ0) is 19.6. The van der Waals surface area contributed by atoms with Crippen LogP contribution in [0.15, 0.2) is 18.2 Å². The molecule has 3 heterocycles. The maximum Gasteiger partial charge on any atom is 0.217 e. The van der Waals surface area contributed by atoms with Gasteiger partial charge in [-0.25, -0.2) is 17.2 Å². The van der Waals surface area contributed by atoms with Gasteiger partial charge >= 0.3 is 0 Å². The van der Waals surface area contributed by atoms with E-state index in [1.165, 1.54) is 0 Å². The molecule has 6 nitrogen and oxygen atoms in total. The quantitative estimate of drug-likeness (QED) is 0.804. The molecular weight excluding hydrogens is 388 g/mol. The fourth-order valence-corrected chi connectivity index (χ4v) is 6.88. The summed E-state index contributed by atoms with van der Waals surface area (Å²) in [6, 6.07) is 3.17. The lowest BCUT2D eigenvalue weighted by Gasteiger charge is -2.51. The van der Waals surface area contributed by atoms with Crippen LogP contribution in [0.25, 0.3) is 0 Å². The third kappa shape index (κ3) is 3.08. The Morgan fingerprint density at radius 3 is 2.64 bits per heavy atom. The zero-order valence-electron chi connectivity index (χ0n) is 15.5. The molecule has 0 aromatic heterocycles. The molecule has 1 aliphatic carbocycles. The third-order valence-electron chi connectivity index (χ3n) is 6.68. The molecule has 5 rings (SSSR count). The molecule has 5 atom stereocenters. The Balaban J connectivity index is 1.23. The van der Waals surface area contributed by atoms with Gasteiger partial charge in [-0.1, -0.05) is 0 Å². The van der Waals surface area contributed by atoms with Crippen molar-refractivity contribution in [3.8, 4) is 0 Å². The number of halogens is 2. The van der Waals surface area contributed by atoms with E-state index in [0.717, 1.165) is 37.6 Å². The first-order valence-corrected chi connectivity index (χ1v) is 11.4. The second-order valence-electron chi connectivity index (χ2n) is 8.56. The highest BCUT2D eigenvalue weighted by Crippen LogP contribution is 2.41. The van der Waals surface area contributed by atoms with Crippen LogP contribution in [-0.4, -0.2) is 67.2 Å². The monoisotopic (exact) mass is 413 g/mol. The van der Waals surface area contributed by atoms with Gasteiger partial charge in [0, 0.05) is 49.2 Å². The highest BCUT2D eigenvalue weighted by Gasteiger charge is 2.54. The topological polar surface area (TPSA) is 75.9 Å². The molecule has 3 saturated heterocycles. The molecule has 1 aromatic carbocycles. The average Bonchev–Trinajstić information content (AvgIpc) is 3.44. The number of nitrogens with two attached hydrogens (primary N) is 1. The molecule has 4 aliphatic rings. The fourth-order valence-electron chi connectivity index (χ4n) is 4.97. The van der Waals surface area contributed by atoms with Crippen LogP contribution in [0.2, 0.25) is 0 Å². The number of fused-ring (bicyclic) bond motifs is 1. The van der Waals surface area contributed by atoms with Gasteiger partial charge < -0.3 is 10.5 Å². The molecule has 2 N–H and O–H groups in total. The van der Waals surface area contributed by atoms with Crippen LogP contribution < -0.4 is 5.73 Å². The standard InChI is InChI=1S/C19H25F2N3O3S/c20-12-1-4-16(21)15(5-12)19-17(22)6-13(10-27-19)24-8-11-7-23(9-18(11)24)28(25,26)14-2-3-14/h1,4-5,11,13-14,17-19H,2-3,6-10,22H2/t11?,13-,17+,18?,19-/m1/s1. The van der Waals surface area contributed by atoms with E-state index >= 15 is 0 Å². The Bertz CT molecular complexity index is 879. The number of likely N-dealkylation sites (tertiary alicyclic amines) is 1. The van der Waals surface area contributed by atoms with E-state index in [-0.39, 0.29) is 22.9 Å². The maximum absolute atomic E-state index is 14.1. The summed E-state index contributed by atoms with van der Waals surface area (Å²) in [6.07, 6.45) is 1.50. The van der Waals surface area contributed by atoms with Gasteiger partial charge in [0.2, 0.25) is 10.0 Å². The van der Waals surface area contributed by atoms with Crippen molar-refractivity contribution in [2.75, 3.05) is 26.2 Å². The fraction of sp³-hybridized carbons (Fsp3) is 0.684. The molecule has 154 valence electrons. The molecule has 0 amide bonds. The largest absolute Gasteiger partial charge is 0.370 e. The van der Waals surface area contributed by atoms with Gasteiger partial charge in [-0.2, -0.15) is 4.31 Å². The van der Waals surface area contributed by atoms with Crippen molar-refractivity contribution in [3.63, 3.8) is 0 Å². The third-order valence-corrected chi connectivity index (χ3v) is 9.02. The lowest BCUT2D eigenvalue weighted by Crippen LogP contribution is -2.63. The van der Waals surface area contributed by atoms with E-state index in [4.69, 9.17) is 10.5 Å². The first kappa shape index (κ1) is 18.9. The van der Waals surface area contributed by atoms with Gasteiger partial charge in [0.05, 0.1) is 11.9 Å². The summed E-state index contributed by atoms with van der Waals surface area (Å²) in [5.74, 6) is -0.660. The van der Waals surface area contributed by atoms with E-state index in [0.29, 0.717) is 32.0 Å². The van der Waals surface area contributed by atoms with Gasteiger partial charge in [-0.15, -0.1) is 0 Å². The molecule has 1 saturated carbocycles. The van der Waals surface area contributed by atoms with Crippen molar-refractivity contribution < 1.29 is 21.9 Å². The molecule has 3 aliphatic heterocycles. The van der Waals surface area contributed by atoms with E-state index in [1.54, 1.807) is 4.31 Å². The van der Waals surface area contributed by atoms with Gasteiger partial charge in [0.15, 0.2) is 0 Å². The van der Waals surface area contributed by atoms with Crippen molar-refractivity contribution in [3.05, 3.63) is 35.4 Å². The summed E-state index contributed by atoms with van der Waals surface area (Å²) in [5, 5.41) is -0.174. The molecule has 0 radical (unpaired) electrons. The molecule has 9 heteroatoms. The zero-order valence-corrected chi connectivity index (χ0v) is 16.3. The van der Waals surface area contributed by atoms with Crippen LogP contribution >= 0.6 is 0 Å². The predicted octanol–water partition coefficient (Wildman–Crippen LogP) is 1.23. The van der Waals surface area contributed by atoms with Gasteiger partial charge in [0.25, 0.3) is 0 Å². The highest BCUT2D eigenvalue weighted by molar-refractivity contribution is 7.90. The Kier molecular flexibility index (Phi) is 4.52. The molecular formula is C19H25F2N3O3S. The molecule has 4 fully saturated rings. The maximum atomic E-state index is 14.1. The van der Waals surface area contributed by atoms with E-state index in [2.05, 4.69) is 4.90 Å². The normalized spacial score (nSPS) is 36.9. The Labute approximate surface area is 163 Å². The SMILES string of the molecule is N[C@H]1C[C@@H](N2CC3CN(S(=O)(=O)C4CC4)CC32)CO[C@@H]1c1cc(F)ccc1F. The van der Waals surface area contributed by atoms with Gasteiger partial charge in [0.1, 0.15) is 17.7 Å². The predicted molar refractivity (Wildman–Crippen MR) is 98.9 cm³/mol.